The summed E-state index contributed by atoms with van der Waals surface area (Å²) in [6.07, 6.45) is 1.64. The minimum Gasteiger partial charge on any atom is -0.293 e. The van der Waals surface area contributed by atoms with Gasteiger partial charge in [0.1, 0.15) is 11.6 Å². The SMILES string of the molecule is CC1(C)c2ccccc2-c2ccc3c(c21)c1ccccc1n3-c1nc(-c2ccccc2)ncc1C#N. The maximum atomic E-state index is 10.0. The van der Waals surface area contributed by atoms with Gasteiger partial charge in [0, 0.05) is 21.8 Å². The van der Waals surface area contributed by atoms with Crippen LogP contribution in [0.4, 0.5) is 0 Å². The summed E-state index contributed by atoms with van der Waals surface area (Å²) in [6.45, 7) is 4.62. The molecule has 0 amide bonds. The first kappa shape index (κ1) is 20.6. The lowest BCUT2D eigenvalue weighted by molar-refractivity contribution is 0.666. The van der Waals surface area contributed by atoms with E-state index in [4.69, 9.17) is 4.98 Å². The van der Waals surface area contributed by atoms with Crippen LogP contribution in [-0.2, 0) is 5.41 Å². The Hall–Kier alpha value is -4.75. The number of rotatable bonds is 2. The first-order valence-corrected chi connectivity index (χ1v) is 12.1. The fourth-order valence-electron chi connectivity index (χ4n) is 5.91. The molecule has 4 nitrogen and oxygen atoms in total. The van der Waals surface area contributed by atoms with E-state index in [0.717, 1.165) is 22.0 Å². The van der Waals surface area contributed by atoms with Crippen molar-refractivity contribution in [3.8, 4) is 34.4 Å². The number of benzene rings is 4. The second-order valence-electron chi connectivity index (χ2n) is 9.81. The third kappa shape index (κ3) is 2.68. The molecule has 4 heteroatoms. The van der Waals surface area contributed by atoms with Crippen LogP contribution < -0.4 is 0 Å². The molecule has 36 heavy (non-hydrogen) atoms. The lowest BCUT2D eigenvalue weighted by Gasteiger charge is -2.22. The van der Waals surface area contributed by atoms with Crippen molar-refractivity contribution < 1.29 is 0 Å². The van der Waals surface area contributed by atoms with Gasteiger partial charge >= 0.3 is 0 Å². The van der Waals surface area contributed by atoms with Crippen molar-refractivity contribution in [2.24, 2.45) is 0 Å². The molecule has 0 radical (unpaired) electrons. The summed E-state index contributed by atoms with van der Waals surface area (Å²) >= 11 is 0. The van der Waals surface area contributed by atoms with Crippen LogP contribution in [0.15, 0.2) is 97.2 Å². The highest BCUT2D eigenvalue weighted by molar-refractivity contribution is 6.14. The number of hydrogen-bond acceptors (Lipinski definition) is 3. The summed E-state index contributed by atoms with van der Waals surface area (Å²) in [5, 5.41) is 12.4. The van der Waals surface area contributed by atoms with Crippen molar-refractivity contribution in [1.29, 1.82) is 5.26 Å². The average Bonchev–Trinajstić information content (AvgIpc) is 3.38. The molecule has 1 aliphatic carbocycles. The van der Waals surface area contributed by atoms with Crippen LogP contribution in [-0.4, -0.2) is 14.5 Å². The van der Waals surface area contributed by atoms with Crippen LogP contribution in [0.5, 0.6) is 0 Å². The molecule has 0 saturated heterocycles. The highest BCUT2D eigenvalue weighted by Gasteiger charge is 2.38. The Balaban J connectivity index is 1.61. The van der Waals surface area contributed by atoms with Gasteiger partial charge in [-0.3, -0.25) is 4.57 Å². The number of nitrogens with zero attached hydrogens (tertiary/aromatic N) is 4. The Labute approximate surface area is 209 Å². The Kier molecular flexibility index (Phi) is 4.22. The zero-order valence-electron chi connectivity index (χ0n) is 20.0. The second-order valence-corrected chi connectivity index (χ2v) is 9.81. The minimum atomic E-state index is -0.153. The van der Waals surface area contributed by atoms with Crippen molar-refractivity contribution in [1.82, 2.24) is 14.5 Å². The van der Waals surface area contributed by atoms with Gasteiger partial charge in [0.05, 0.1) is 17.2 Å². The Morgan fingerprint density at radius 2 is 1.53 bits per heavy atom. The molecule has 7 rings (SSSR count). The first-order valence-electron chi connectivity index (χ1n) is 12.1. The lowest BCUT2D eigenvalue weighted by Crippen LogP contribution is -2.15. The molecule has 2 heterocycles. The zero-order chi connectivity index (χ0) is 24.4. The molecule has 0 unspecified atom stereocenters. The summed E-state index contributed by atoms with van der Waals surface area (Å²) in [7, 11) is 0. The highest BCUT2D eigenvalue weighted by Crippen LogP contribution is 2.53. The molecule has 0 spiro atoms. The number of fused-ring (bicyclic) bond motifs is 7. The molecular formula is C32H22N4. The summed E-state index contributed by atoms with van der Waals surface area (Å²) in [6, 6.07) is 33.8. The molecule has 0 fully saturated rings. The molecule has 0 atom stereocenters. The Morgan fingerprint density at radius 3 is 2.36 bits per heavy atom. The topological polar surface area (TPSA) is 54.5 Å². The van der Waals surface area contributed by atoms with Gasteiger partial charge < -0.3 is 0 Å². The third-order valence-corrected chi connectivity index (χ3v) is 7.49. The van der Waals surface area contributed by atoms with Crippen molar-refractivity contribution in [2.75, 3.05) is 0 Å². The van der Waals surface area contributed by atoms with Crippen molar-refractivity contribution in [3.63, 3.8) is 0 Å². The van der Waals surface area contributed by atoms with Crippen molar-refractivity contribution in [3.05, 3.63) is 114 Å². The Bertz CT molecular complexity index is 1870. The van der Waals surface area contributed by atoms with E-state index in [-0.39, 0.29) is 5.41 Å². The van der Waals surface area contributed by atoms with Gasteiger partial charge in [-0.15, -0.1) is 0 Å². The molecule has 0 bridgehead atoms. The number of nitriles is 1. The lowest BCUT2D eigenvalue weighted by atomic mass is 9.80. The summed E-state index contributed by atoms with van der Waals surface area (Å²) in [4.78, 5) is 9.47. The van der Waals surface area contributed by atoms with Gasteiger partial charge in [-0.25, -0.2) is 9.97 Å². The first-order chi connectivity index (χ1) is 17.6. The molecule has 4 aromatic carbocycles. The van der Waals surface area contributed by atoms with Gasteiger partial charge in [0.2, 0.25) is 0 Å². The fraction of sp³-hybridized carbons (Fsp3) is 0.0938. The smallest absolute Gasteiger partial charge is 0.161 e. The maximum Gasteiger partial charge on any atom is 0.161 e. The highest BCUT2D eigenvalue weighted by atomic mass is 15.1. The molecule has 2 aromatic heterocycles. The zero-order valence-corrected chi connectivity index (χ0v) is 20.0. The standard InChI is InChI=1S/C32H22N4/c1-32(2)25-14-8-6-12-22(25)23-16-17-27-28(29(23)32)24-13-7-9-15-26(24)36(27)31-21(18-33)19-34-30(35-31)20-10-4-3-5-11-20/h3-17,19H,1-2H3. The average molecular weight is 463 g/mol. The number of hydrogen-bond donors (Lipinski definition) is 0. The van der Waals surface area contributed by atoms with Crippen LogP contribution in [0, 0.1) is 11.3 Å². The van der Waals surface area contributed by atoms with Gasteiger partial charge in [-0.2, -0.15) is 5.26 Å². The van der Waals surface area contributed by atoms with E-state index in [2.05, 4.69) is 84.1 Å². The number of aromatic nitrogens is 3. The van der Waals surface area contributed by atoms with Gasteiger partial charge in [0.15, 0.2) is 11.6 Å². The quantitative estimate of drug-likeness (QED) is 0.269. The largest absolute Gasteiger partial charge is 0.293 e. The van der Waals surface area contributed by atoms with E-state index in [1.807, 2.05) is 36.4 Å². The van der Waals surface area contributed by atoms with E-state index < -0.39 is 0 Å². The summed E-state index contributed by atoms with van der Waals surface area (Å²) in [5.74, 6) is 1.20. The molecule has 170 valence electrons. The normalized spacial score (nSPS) is 13.5. The van der Waals surface area contributed by atoms with Gasteiger partial charge in [0.25, 0.3) is 0 Å². The van der Waals surface area contributed by atoms with Crippen LogP contribution >= 0.6 is 0 Å². The van der Waals surface area contributed by atoms with Crippen molar-refractivity contribution >= 4 is 21.8 Å². The monoisotopic (exact) mass is 462 g/mol. The van der Waals surface area contributed by atoms with Crippen LogP contribution in [0.25, 0.3) is 50.1 Å². The second kappa shape index (κ2) is 7.37. The van der Waals surface area contributed by atoms with Crippen LogP contribution in [0.1, 0.15) is 30.5 Å². The predicted octanol–water partition coefficient (Wildman–Crippen LogP) is 7.42. The van der Waals surface area contributed by atoms with E-state index in [1.165, 1.54) is 27.6 Å². The molecule has 0 N–H and O–H groups in total. The number of para-hydroxylation sites is 1. The van der Waals surface area contributed by atoms with E-state index in [9.17, 15) is 5.26 Å². The third-order valence-electron chi connectivity index (χ3n) is 7.49. The van der Waals surface area contributed by atoms with Gasteiger partial charge in [-0.05, 0) is 34.4 Å². The van der Waals surface area contributed by atoms with Crippen LogP contribution in [0.3, 0.4) is 0 Å². The summed E-state index contributed by atoms with van der Waals surface area (Å²) in [5.41, 5.74) is 8.53. The molecular weight excluding hydrogens is 440 g/mol. The van der Waals surface area contributed by atoms with E-state index in [0.29, 0.717) is 17.2 Å². The fourth-order valence-corrected chi connectivity index (χ4v) is 5.91. The minimum absolute atomic E-state index is 0.153. The molecule has 1 aliphatic rings. The van der Waals surface area contributed by atoms with Crippen molar-refractivity contribution in [2.45, 2.75) is 19.3 Å². The molecule has 0 aliphatic heterocycles. The molecule has 0 saturated carbocycles. The van der Waals surface area contributed by atoms with Crippen LogP contribution in [0.2, 0.25) is 0 Å². The van der Waals surface area contributed by atoms with E-state index in [1.54, 1.807) is 6.20 Å². The molecule has 6 aromatic rings. The summed E-state index contributed by atoms with van der Waals surface area (Å²) < 4.78 is 2.14. The Morgan fingerprint density at radius 1 is 0.778 bits per heavy atom. The van der Waals surface area contributed by atoms with E-state index >= 15 is 0 Å². The van der Waals surface area contributed by atoms with Gasteiger partial charge in [-0.1, -0.05) is 92.7 Å². The maximum absolute atomic E-state index is 10.0. The predicted molar refractivity (Wildman–Crippen MR) is 144 cm³/mol.